The Morgan fingerprint density at radius 3 is 0.782 bits per heavy atom. The summed E-state index contributed by atoms with van der Waals surface area (Å²) in [5, 5.41) is 0. The van der Waals surface area contributed by atoms with Crippen LogP contribution >= 0.6 is 0 Å². The maximum atomic E-state index is 12.9. The third-order valence-corrected chi connectivity index (χ3v) is 14.4. The number of ether oxygens (including phenoxy) is 3. The van der Waals surface area contributed by atoms with Gasteiger partial charge in [-0.1, -0.05) is 317 Å². The molecule has 0 spiro atoms. The molecule has 0 aliphatic carbocycles. The summed E-state index contributed by atoms with van der Waals surface area (Å²) in [4.78, 5) is 38.1. The lowest BCUT2D eigenvalue weighted by atomic mass is 10.0. The monoisotopic (exact) mass is 1080 g/mol. The molecular weight excluding hydrogens is 961 g/mol. The molecule has 78 heavy (non-hydrogen) atoms. The van der Waals surface area contributed by atoms with Crippen molar-refractivity contribution >= 4 is 17.9 Å². The molecule has 0 bridgehead atoms. The number of allylic oxidation sites excluding steroid dienone is 16. The molecular formula is C72H124O6. The molecule has 0 aromatic carbocycles. The van der Waals surface area contributed by atoms with Gasteiger partial charge in [-0.25, -0.2) is 0 Å². The molecule has 0 fully saturated rings. The van der Waals surface area contributed by atoms with Crippen molar-refractivity contribution in [3.05, 3.63) is 97.2 Å². The van der Waals surface area contributed by atoms with Gasteiger partial charge in [0.25, 0.3) is 0 Å². The van der Waals surface area contributed by atoms with Gasteiger partial charge in [-0.05, 0) is 83.5 Å². The van der Waals surface area contributed by atoms with Gasteiger partial charge in [-0.15, -0.1) is 0 Å². The number of rotatable bonds is 60. The summed E-state index contributed by atoms with van der Waals surface area (Å²) in [6, 6.07) is 0. The average molecular weight is 1090 g/mol. The van der Waals surface area contributed by atoms with E-state index in [1.807, 2.05) is 0 Å². The van der Waals surface area contributed by atoms with Crippen molar-refractivity contribution in [2.45, 2.75) is 329 Å². The summed E-state index contributed by atoms with van der Waals surface area (Å²) in [6.45, 7) is 6.51. The summed E-state index contributed by atoms with van der Waals surface area (Å²) in [5.41, 5.74) is 0. The van der Waals surface area contributed by atoms with E-state index in [4.69, 9.17) is 14.2 Å². The summed E-state index contributed by atoms with van der Waals surface area (Å²) in [6.07, 6.45) is 88.8. The fraction of sp³-hybridized carbons (Fsp3) is 0.736. The Balaban J connectivity index is 4.15. The fourth-order valence-electron chi connectivity index (χ4n) is 9.40. The summed E-state index contributed by atoms with van der Waals surface area (Å²) in [7, 11) is 0. The van der Waals surface area contributed by atoms with Crippen molar-refractivity contribution in [3.8, 4) is 0 Å². The smallest absolute Gasteiger partial charge is 0.306 e. The number of unbranched alkanes of at least 4 members (excludes halogenated alkanes) is 33. The lowest BCUT2D eigenvalue weighted by Crippen LogP contribution is -2.30. The van der Waals surface area contributed by atoms with Gasteiger partial charge in [0.15, 0.2) is 6.10 Å². The molecule has 0 saturated heterocycles. The van der Waals surface area contributed by atoms with Crippen molar-refractivity contribution in [1.82, 2.24) is 0 Å². The van der Waals surface area contributed by atoms with E-state index in [2.05, 4.69) is 118 Å². The SMILES string of the molecule is CC/C=C\C/C=C\C/C=C\C/C=C\C/C=C\C/C=C\C/C=C\C/C=C\CCCCCCCCC(=O)OCC(COC(=O)CCCCCCCCC)OC(=O)CCCCCCCCCCCCCCCCCCCCCCCC. The second-order valence-electron chi connectivity index (χ2n) is 22.0. The van der Waals surface area contributed by atoms with Crippen LogP contribution < -0.4 is 0 Å². The molecule has 1 atom stereocenters. The van der Waals surface area contributed by atoms with Crippen LogP contribution in [0, 0.1) is 0 Å². The maximum absolute atomic E-state index is 12.9. The summed E-state index contributed by atoms with van der Waals surface area (Å²) >= 11 is 0. The lowest BCUT2D eigenvalue weighted by Gasteiger charge is -2.18. The zero-order valence-electron chi connectivity index (χ0n) is 51.4. The summed E-state index contributed by atoms with van der Waals surface area (Å²) in [5.74, 6) is -0.888. The molecule has 0 aromatic rings. The second kappa shape index (κ2) is 65.8. The molecule has 0 aliphatic rings. The van der Waals surface area contributed by atoms with E-state index < -0.39 is 6.10 Å². The molecule has 6 heteroatoms. The Bertz CT molecular complexity index is 1530. The molecule has 0 N–H and O–H groups in total. The third-order valence-electron chi connectivity index (χ3n) is 14.4. The minimum absolute atomic E-state index is 0.0787. The predicted molar refractivity (Wildman–Crippen MR) is 339 cm³/mol. The normalized spacial score (nSPS) is 12.7. The van der Waals surface area contributed by atoms with Gasteiger partial charge in [0.2, 0.25) is 0 Å². The number of hydrogen-bond donors (Lipinski definition) is 0. The number of hydrogen-bond acceptors (Lipinski definition) is 6. The number of esters is 3. The third kappa shape index (κ3) is 63.2. The Morgan fingerprint density at radius 1 is 0.269 bits per heavy atom. The van der Waals surface area contributed by atoms with Crippen LogP contribution in [0.4, 0.5) is 0 Å². The quantitative estimate of drug-likeness (QED) is 0.0261. The highest BCUT2D eigenvalue weighted by molar-refractivity contribution is 5.71. The van der Waals surface area contributed by atoms with Gasteiger partial charge in [-0.3, -0.25) is 14.4 Å². The molecule has 6 nitrogen and oxygen atoms in total. The van der Waals surface area contributed by atoms with E-state index >= 15 is 0 Å². The second-order valence-corrected chi connectivity index (χ2v) is 22.0. The van der Waals surface area contributed by atoms with Crippen LogP contribution in [0.2, 0.25) is 0 Å². The van der Waals surface area contributed by atoms with Gasteiger partial charge in [0.05, 0.1) is 0 Å². The first-order valence-corrected chi connectivity index (χ1v) is 33.2. The highest BCUT2D eigenvalue weighted by Crippen LogP contribution is 2.17. The lowest BCUT2D eigenvalue weighted by molar-refractivity contribution is -0.167. The molecule has 1 unspecified atom stereocenters. The van der Waals surface area contributed by atoms with Crippen LogP contribution in [0.3, 0.4) is 0 Å². The molecule has 0 aliphatic heterocycles. The van der Waals surface area contributed by atoms with Crippen molar-refractivity contribution in [2.75, 3.05) is 13.2 Å². The molecule has 0 amide bonds. The van der Waals surface area contributed by atoms with Gasteiger partial charge in [0.1, 0.15) is 13.2 Å². The van der Waals surface area contributed by atoms with E-state index in [1.54, 1.807) is 0 Å². The first-order chi connectivity index (χ1) is 38.5. The zero-order valence-corrected chi connectivity index (χ0v) is 51.4. The van der Waals surface area contributed by atoms with Crippen molar-refractivity contribution in [3.63, 3.8) is 0 Å². The van der Waals surface area contributed by atoms with Gasteiger partial charge < -0.3 is 14.2 Å². The van der Waals surface area contributed by atoms with E-state index in [0.29, 0.717) is 19.3 Å². The van der Waals surface area contributed by atoms with E-state index in [9.17, 15) is 14.4 Å². The first-order valence-electron chi connectivity index (χ1n) is 33.2. The molecule has 0 aromatic heterocycles. The summed E-state index contributed by atoms with van der Waals surface area (Å²) < 4.78 is 16.8. The van der Waals surface area contributed by atoms with E-state index in [1.165, 1.54) is 161 Å². The van der Waals surface area contributed by atoms with Crippen LogP contribution in [0.25, 0.3) is 0 Å². The van der Waals surface area contributed by atoms with Crippen molar-refractivity contribution < 1.29 is 28.6 Å². The van der Waals surface area contributed by atoms with E-state index in [-0.39, 0.29) is 31.1 Å². The minimum atomic E-state index is -0.780. The molecule has 448 valence electrons. The fourth-order valence-corrected chi connectivity index (χ4v) is 9.40. The van der Waals surface area contributed by atoms with Crippen LogP contribution in [0.5, 0.6) is 0 Å². The van der Waals surface area contributed by atoms with Crippen LogP contribution in [0.15, 0.2) is 97.2 Å². The van der Waals surface area contributed by atoms with Gasteiger partial charge >= 0.3 is 17.9 Å². The Hall–Kier alpha value is -3.67. The zero-order chi connectivity index (χ0) is 56.4. The molecule has 0 radical (unpaired) electrons. The predicted octanol–water partition coefficient (Wildman–Crippen LogP) is 22.8. The van der Waals surface area contributed by atoms with Crippen molar-refractivity contribution in [2.24, 2.45) is 0 Å². The largest absolute Gasteiger partial charge is 0.462 e. The Morgan fingerprint density at radius 2 is 0.500 bits per heavy atom. The van der Waals surface area contributed by atoms with Crippen LogP contribution in [-0.2, 0) is 28.6 Å². The highest BCUT2D eigenvalue weighted by Gasteiger charge is 2.19. The maximum Gasteiger partial charge on any atom is 0.306 e. The minimum Gasteiger partial charge on any atom is -0.462 e. The first kappa shape index (κ1) is 74.3. The van der Waals surface area contributed by atoms with Gasteiger partial charge in [0, 0.05) is 19.3 Å². The van der Waals surface area contributed by atoms with Crippen LogP contribution in [0.1, 0.15) is 323 Å². The standard InChI is InChI=1S/C72H124O6/c1-4-7-10-13-16-18-20-22-24-26-28-30-32-33-34-35-36-37-38-39-40-42-43-45-47-49-51-53-56-59-62-65-71(74)77-68-69(67-76-70(73)64-61-58-55-15-12-9-6-3)78-72(75)66-63-60-57-54-52-50-48-46-44-41-31-29-27-25-23-21-19-17-14-11-8-5-2/h7,10,16,18,22,24,28,30,33-34,36-37,39-40,43,45,69H,4-6,8-9,11-15,17,19-21,23,25-27,29,31-32,35,38,41-42,44,46-68H2,1-3H3/b10-7-,18-16-,24-22-,30-28-,34-33-,37-36-,40-39-,45-43-. The molecule has 0 rings (SSSR count). The molecule has 0 saturated carbocycles. The Kier molecular flexibility index (Phi) is 62.7. The average Bonchev–Trinajstić information content (AvgIpc) is 3.44. The van der Waals surface area contributed by atoms with Crippen molar-refractivity contribution in [1.29, 1.82) is 0 Å². The number of carbonyl (C=O) groups excluding carboxylic acids is 3. The molecule has 0 heterocycles. The topological polar surface area (TPSA) is 78.9 Å². The van der Waals surface area contributed by atoms with E-state index in [0.717, 1.165) is 122 Å². The highest BCUT2D eigenvalue weighted by atomic mass is 16.6. The van der Waals surface area contributed by atoms with Crippen LogP contribution in [-0.4, -0.2) is 37.2 Å². The van der Waals surface area contributed by atoms with Gasteiger partial charge in [-0.2, -0.15) is 0 Å². The Labute approximate surface area is 483 Å². The number of carbonyl (C=O) groups is 3.